The van der Waals surface area contributed by atoms with Crippen molar-refractivity contribution in [2.45, 2.75) is 82.6 Å². The van der Waals surface area contributed by atoms with Crippen LogP contribution in [0, 0.1) is 0 Å². The van der Waals surface area contributed by atoms with Crippen LogP contribution in [0.1, 0.15) is 58.3 Å². The first kappa shape index (κ1) is 22.4. The highest BCUT2D eigenvalue weighted by Crippen LogP contribution is 2.26. The molecule has 4 atom stereocenters. The van der Waals surface area contributed by atoms with E-state index in [1.807, 2.05) is 0 Å². The highest BCUT2D eigenvalue weighted by molar-refractivity contribution is 8.76. The predicted octanol–water partition coefficient (Wildman–Crippen LogP) is 1.78. The SMILES string of the molecule is CCCC1CCCCCC(O)CC(=O)N[C@H]2CSSC[C@H](NC2=O)C(=O)O1. The molecule has 154 valence electrons. The van der Waals surface area contributed by atoms with Gasteiger partial charge in [0.05, 0.1) is 12.5 Å². The van der Waals surface area contributed by atoms with Gasteiger partial charge in [0.1, 0.15) is 18.2 Å². The molecule has 0 aromatic rings. The number of hydrogen-bond acceptors (Lipinski definition) is 7. The Morgan fingerprint density at radius 1 is 1.04 bits per heavy atom. The third-order valence-electron chi connectivity index (χ3n) is 4.68. The van der Waals surface area contributed by atoms with Crippen molar-refractivity contribution in [1.82, 2.24) is 10.6 Å². The van der Waals surface area contributed by atoms with E-state index in [2.05, 4.69) is 17.6 Å². The number of cyclic esters (lactones) is 1. The number of hydrogen-bond donors (Lipinski definition) is 3. The largest absolute Gasteiger partial charge is 0.461 e. The van der Waals surface area contributed by atoms with Gasteiger partial charge in [0, 0.05) is 11.5 Å². The van der Waals surface area contributed by atoms with Crippen molar-refractivity contribution < 1.29 is 24.2 Å². The molecule has 0 aromatic heterocycles. The lowest BCUT2D eigenvalue weighted by molar-refractivity contribution is -0.153. The van der Waals surface area contributed by atoms with Crippen molar-refractivity contribution in [3.05, 3.63) is 0 Å². The number of aliphatic hydroxyl groups excluding tert-OH is 1. The molecule has 2 unspecified atom stereocenters. The molecule has 3 N–H and O–H groups in total. The van der Waals surface area contributed by atoms with Crippen LogP contribution in [0.4, 0.5) is 0 Å². The summed E-state index contributed by atoms with van der Waals surface area (Å²) in [6.45, 7) is 2.06. The van der Waals surface area contributed by atoms with Crippen LogP contribution < -0.4 is 10.6 Å². The number of nitrogens with one attached hydrogen (secondary N) is 2. The molecule has 2 rings (SSSR count). The van der Waals surface area contributed by atoms with Crippen LogP contribution >= 0.6 is 21.6 Å². The topological polar surface area (TPSA) is 105 Å². The maximum Gasteiger partial charge on any atom is 0.329 e. The molecular formula is C18H30N2O5S2. The Labute approximate surface area is 168 Å². The number of rotatable bonds is 2. The van der Waals surface area contributed by atoms with Crippen LogP contribution in [-0.2, 0) is 19.1 Å². The minimum atomic E-state index is -0.725. The molecular weight excluding hydrogens is 388 g/mol. The molecule has 2 bridgehead atoms. The second kappa shape index (κ2) is 11.8. The summed E-state index contributed by atoms with van der Waals surface area (Å²) in [5.41, 5.74) is 0. The summed E-state index contributed by atoms with van der Waals surface area (Å²) in [5.74, 6) is -0.273. The Morgan fingerprint density at radius 2 is 1.74 bits per heavy atom. The Hall–Kier alpha value is -0.930. The van der Waals surface area contributed by atoms with Gasteiger partial charge in [-0.05, 0) is 25.7 Å². The van der Waals surface area contributed by atoms with E-state index in [0.717, 1.165) is 38.5 Å². The molecule has 27 heavy (non-hydrogen) atoms. The van der Waals surface area contributed by atoms with Crippen molar-refractivity contribution in [2.24, 2.45) is 0 Å². The third kappa shape index (κ3) is 7.91. The molecule has 2 fully saturated rings. The van der Waals surface area contributed by atoms with E-state index in [0.29, 0.717) is 17.9 Å². The molecule has 2 aliphatic heterocycles. The summed E-state index contributed by atoms with van der Waals surface area (Å²) in [4.78, 5) is 37.2. The number of carbonyl (C=O) groups is 3. The Balaban J connectivity index is 2.10. The molecule has 0 saturated carbocycles. The van der Waals surface area contributed by atoms with Crippen LogP contribution in [-0.4, -0.2) is 58.7 Å². The van der Waals surface area contributed by atoms with Gasteiger partial charge in [-0.2, -0.15) is 0 Å². The van der Waals surface area contributed by atoms with E-state index in [4.69, 9.17) is 4.74 Å². The minimum Gasteiger partial charge on any atom is -0.461 e. The highest BCUT2D eigenvalue weighted by atomic mass is 33.1. The van der Waals surface area contributed by atoms with Crippen molar-refractivity contribution >= 4 is 39.4 Å². The summed E-state index contributed by atoms with van der Waals surface area (Å²) in [6, 6.07) is -1.44. The average Bonchev–Trinajstić information content (AvgIpc) is 2.60. The molecule has 0 aliphatic carbocycles. The zero-order valence-corrected chi connectivity index (χ0v) is 17.4. The highest BCUT2D eigenvalue weighted by Gasteiger charge is 2.31. The molecule has 2 aliphatic rings. The fourth-order valence-corrected chi connectivity index (χ4v) is 5.50. The third-order valence-corrected chi connectivity index (χ3v) is 7.11. The lowest BCUT2D eigenvalue weighted by Gasteiger charge is -2.27. The lowest BCUT2D eigenvalue weighted by atomic mass is 10.0. The van der Waals surface area contributed by atoms with Gasteiger partial charge in [0.2, 0.25) is 11.8 Å². The molecule has 0 radical (unpaired) electrons. The van der Waals surface area contributed by atoms with Crippen molar-refractivity contribution in [3.63, 3.8) is 0 Å². The van der Waals surface area contributed by atoms with Gasteiger partial charge in [-0.1, -0.05) is 47.8 Å². The predicted molar refractivity (Wildman–Crippen MR) is 107 cm³/mol. The van der Waals surface area contributed by atoms with Gasteiger partial charge in [0.25, 0.3) is 0 Å². The number of esters is 1. The van der Waals surface area contributed by atoms with Gasteiger partial charge in [0.15, 0.2) is 0 Å². The number of carbonyl (C=O) groups excluding carboxylic acids is 3. The standard InChI is InChI=1S/C18H30N2O5S2/c1-2-6-13-8-5-3-4-7-12(21)9-16(22)19-14-10-26-27-11-15(18(24)25-13)20-17(14)23/h12-15,21H,2-11H2,1H3,(H,19,22)(H,20,23)/t12?,13?,14-,15-/m0/s1. The molecule has 2 heterocycles. The monoisotopic (exact) mass is 418 g/mol. The maximum atomic E-state index is 12.6. The van der Waals surface area contributed by atoms with E-state index in [9.17, 15) is 19.5 Å². The van der Waals surface area contributed by atoms with Gasteiger partial charge < -0.3 is 20.5 Å². The average molecular weight is 419 g/mol. The van der Waals surface area contributed by atoms with Crippen molar-refractivity contribution in [3.8, 4) is 0 Å². The van der Waals surface area contributed by atoms with Crippen LogP contribution in [0.15, 0.2) is 0 Å². The smallest absolute Gasteiger partial charge is 0.329 e. The normalized spacial score (nSPS) is 32.0. The van der Waals surface area contributed by atoms with E-state index >= 15 is 0 Å². The molecule has 7 nitrogen and oxygen atoms in total. The van der Waals surface area contributed by atoms with Crippen LogP contribution in [0.2, 0.25) is 0 Å². The second-order valence-corrected chi connectivity index (χ2v) is 9.65. The van der Waals surface area contributed by atoms with Gasteiger partial charge in [-0.15, -0.1) is 0 Å². The molecule has 0 spiro atoms. The van der Waals surface area contributed by atoms with E-state index < -0.39 is 24.2 Å². The number of ether oxygens (including phenoxy) is 1. The first-order chi connectivity index (χ1) is 13.0. The Bertz CT molecular complexity index is 520. The van der Waals surface area contributed by atoms with Crippen LogP contribution in [0.5, 0.6) is 0 Å². The summed E-state index contributed by atoms with van der Waals surface area (Å²) < 4.78 is 5.69. The fourth-order valence-electron chi connectivity index (χ4n) is 3.18. The maximum absolute atomic E-state index is 12.6. The first-order valence-corrected chi connectivity index (χ1v) is 12.2. The lowest BCUT2D eigenvalue weighted by Crippen LogP contribution is -2.55. The Morgan fingerprint density at radius 3 is 2.48 bits per heavy atom. The summed E-state index contributed by atoms with van der Waals surface area (Å²) in [7, 11) is 2.93. The van der Waals surface area contributed by atoms with Crippen LogP contribution in [0.3, 0.4) is 0 Å². The summed E-state index contributed by atoms with van der Waals surface area (Å²) in [6.07, 6.45) is 4.85. The van der Waals surface area contributed by atoms with E-state index in [-0.39, 0.29) is 24.3 Å². The van der Waals surface area contributed by atoms with E-state index in [1.165, 1.54) is 21.6 Å². The fraction of sp³-hybridized carbons (Fsp3) is 0.833. The zero-order valence-electron chi connectivity index (χ0n) is 15.8. The second-order valence-electron chi connectivity index (χ2n) is 7.09. The van der Waals surface area contributed by atoms with Crippen LogP contribution in [0.25, 0.3) is 0 Å². The molecule has 0 aromatic carbocycles. The first-order valence-electron chi connectivity index (χ1n) is 9.72. The summed E-state index contributed by atoms with van der Waals surface area (Å²) >= 11 is 0. The summed E-state index contributed by atoms with van der Waals surface area (Å²) in [5, 5.41) is 15.5. The van der Waals surface area contributed by atoms with E-state index in [1.54, 1.807) is 0 Å². The Kier molecular flexibility index (Phi) is 9.78. The molecule has 2 saturated heterocycles. The van der Waals surface area contributed by atoms with Gasteiger partial charge in [-0.25, -0.2) is 4.79 Å². The van der Waals surface area contributed by atoms with Crippen molar-refractivity contribution in [2.75, 3.05) is 11.5 Å². The molecule has 9 heteroatoms. The number of aliphatic hydroxyl groups is 1. The quantitative estimate of drug-likeness (QED) is 0.464. The number of amides is 2. The van der Waals surface area contributed by atoms with Crippen molar-refractivity contribution in [1.29, 1.82) is 0 Å². The van der Waals surface area contributed by atoms with Gasteiger partial charge in [-0.3, -0.25) is 9.59 Å². The molecule has 2 amide bonds. The zero-order chi connectivity index (χ0) is 19.6. The number of fused-ring (bicyclic) bond motifs is 3. The minimum absolute atomic E-state index is 0.00841. The van der Waals surface area contributed by atoms with Gasteiger partial charge >= 0.3 is 5.97 Å².